The molecule has 1 aliphatic heterocycles. The zero-order valence-electron chi connectivity index (χ0n) is 22.4. The summed E-state index contributed by atoms with van der Waals surface area (Å²) in [5, 5.41) is 12.6. The Balaban J connectivity index is 0.00000308. The number of benzene rings is 2. The highest BCUT2D eigenvalue weighted by molar-refractivity contribution is 5.97. The second-order valence-corrected chi connectivity index (χ2v) is 9.77. The van der Waals surface area contributed by atoms with Crippen LogP contribution in [-0.4, -0.2) is 70.7 Å². The summed E-state index contributed by atoms with van der Waals surface area (Å²) in [5.41, 5.74) is 1.68. The number of nitrogens with one attached hydrogen (secondary N) is 1. The molecule has 0 saturated carbocycles. The molecule has 3 atom stereocenters. The van der Waals surface area contributed by atoms with Crippen LogP contribution in [0.4, 0.5) is 19.3 Å². The van der Waals surface area contributed by atoms with Gasteiger partial charge in [0.25, 0.3) is 5.91 Å². The fourth-order valence-corrected chi connectivity index (χ4v) is 4.17. The van der Waals surface area contributed by atoms with E-state index < -0.39 is 24.0 Å². The molecule has 2 heterocycles. The Bertz CT molecular complexity index is 1430. The molecule has 0 bridgehead atoms. The molecule has 3 aromatic rings. The molecule has 0 unspecified atom stereocenters. The molecule has 40 heavy (non-hydrogen) atoms. The van der Waals surface area contributed by atoms with Crippen molar-refractivity contribution in [2.45, 2.75) is 26.0 Å². The van der Waals surface area contributed by atoms with Crippen molar-refractivity contribution in [1.29, 1.82) is 0 Å². The maximum absolute atomic E-state index is 13.6. The minimum absolute atomic E-state index is 0. The lowest BCUT2D eigenvalue weighted by Crippen LogP contribution is -2.50. The molecule has 0 radical (unpaired) electrons. The maximum atomic E-state index is 13.6. The van der Waals surface area contributed by atoms with Crippen molar-refractivity contribution in [2.24, 2.45) is 5.92 Å². The number of hydrogen-bond acceptors (Lipinski definition) is 5. The number of likely N-dealkylation sites (N-methyl/N-ethyl adjacent to an activating group) is 1. The first-order valence-corrected chi connectivity index (χ1v) is 12.8. The normalized spacial score (nSPS) is 17.4. The summed E-state index contributed by atoms with van der Waals surface area (Å²) in [7, 11) is 1.61. The van der Waals surface area contributed by atoms with Gasteiger partial charge in [0.2, 0.25) is 5.88 Å². The Kier molecular flexibility index (Phi) is 8.97. The first-order chi connectivity index (χ1) is 19.1. The minimum Gasteiger partial charge on any atom is -0.472 e. The fraction of sp³-hybridized carbons (Fsp3) is 0.300. The fourth-order valence-electron chi connectivity index (χ4n) is 4.17. The van der Waals surface area contributed by atoms with Crippen molar-refractivity contribution in [2.75, 3.05) is 32.1 Å². The first kappa shape index (κ1) is 28.5. The van der Waals surface area contributed by atoms with Gasteiger partial charge in [-0.1, -0.05) is 18.8 Å². The standard InChI is InChI=1S/C30H30F2N4O4.2H2/c1-19-16-36(20(2)18-37)29(38)26-14-22(5-4-21-6-8-23(31)9-7-21)15-33-28(26)40-27(19)17-35(3)30(39)34-25-12-10-24(32)11-13-25;;/h6-15,19-20,27,37H,16-18H2,1-3H3,(H,34,39);2*1H/t19-,20-,27+;;/m1../s1. The molecule has 2 N–H and O–H groups in total. The number of ether oxygens (including phenoxy) is 1. The third-order valence-electron chi connectivity index (χ3n) is 6.61. The lowest BCUT2D eigenvalue weighted by atomic mass is 10.00. The van der Waals surface area contributed by atoms with Crippen molar-refractivity contribution in [3.8, 4) is 17.7 Å². The molecule has 0 spiro atoms. The predicted molar refractivity (Wildman–Crippen MR) is 150 cm³/mol. The highest BCUT2D eigenvalue weighted by Gasteiger charge is 2.34. The topological polar surface area (TPSA) is 95.0 Å². The predicted octanol–water partition coefficient (Wildman–Crippen LogP) is 4.64. The van der Waals surface area contributed by atoms with E-state index in [2.05, 4.69) is 22.1 Å². The monoisotopic (exact) mass is 552 g/mol. The Morgan fingerprint density at radius 1 is 1.18 bits per heavy atom. The molecule has 0 saturated heterocycles. The minimum atomic E-state index is -0.548. The van der Waals surface area contributed by atoms with E-state index in [1.165, 1.54) is 47.5 Å². The number of halogens is 2. The summed E-state index contributed by atoms with van der Waals surface area (Å²) in [5.74, 6) is 4.60. The maximum Gasteiger partial charge on any atom is 0.321 e. The van der Waals surface area contributed by atoms with Gasteiger partial charge in [-0.15, -0.1) is 0 Å². The summed E-state index contributed by atoms with van der Waals surface area (Å²) < 4.78 is 32.6. The zero-order valence-corrected chi connectivity index (χ0v) is 22.4. The van der Waals surface area contributed by atoms with Gasteiger partial charge >= 0.3 is 6.03 Å². The molecular formula is C30H34F2N4O4. The van der Waals surface area contributed by atoms with Crippen molar-refractivity contribution >= 4 is 17.6 Å². The SMILES string of the molecule is C[C@@H]1CN([C@H](C)CO)C(=O)c2cc(C#Cc3ccc(F)cc3)cnc2O[C@H]1CN(C)C(=O)Nc1ccc(F)cc1.[HH].[HH]. The number of aliphatic hydroxyl groups is 1. The van der Waals surface area contributed by atoms with Crippen molar-refractivity contribution in [3.05, 3.63) is 89.1 Å². The molecule has 10 heteroatoms. The molecule has 0 aliphatic carbocycles. The van der Waals surface area contributed by atoms with E-state index in [0.29, 0.717) is 16.8 Å². The summed E-state index contributed by atoms with van der Waals surface area (Å²) in [4.78, 5) is 33.8. The zero-order chi connectivity index (χ0) is 28.8. The van der Waals surface area contributed by atoms with E-state index >= 15 is 0 Å². The number of anilines is 1. The highest BCUT2D eigenvalue weighted by Crippen LogP contribution is 2.27. The van der Waals surface area contributed by atoms with Crippen molar-refractivity contribution in [1.82, 2.24) is 14.8 Å². The Morgan fingerprint density at radius 2 is 1.80 bits per heavy atom. The van der Waals surface area contributed by atoms with Gasteiger partial charge in [-0.25, -0.2) is 18.6 Å². The summed E-state index contributed by atoms with van der Waals surface area (Å²) >= 11 is 0. The van der Waals surface area contributed by atoms with Crippen LogP contribution in [0.15, 0.2) is 60.8 Å². The summed E-state index contributed by atoms with van der Waals surface area (Å²) in [6.07, 6.45) is 0.935. The van der Waals surface area contributed by atoms with Gasteiger partial charge in [-0.3, -0.25) is 4.79 Å². The number of aliphatic hydroxyl groups excluding tert-OH is 1. The molecule has 2 aromatic carbocycles. The van der Waals surface area contributed by atoms with Crippen LogP contribution in [0.1, 0.15) is 38.2 Å². The summed E-state index contributed by atoms with van der Waals surface area (Å²) in [6, 6.07) is 11.9. The smallest absolute Gasteiger partial charge is 0.321 e. The number of carbonyl (C=O) groups excluding carboxylic acids is 2. The lowest BCUT2D eigenvalue weighted by molar-refractivity contribution is 0.0356. The van der Waals surface area contributed by atoms with Crippen LogP contribution in [0.2, 0.25) is 0 Å². The third kappa shape index (κ3) is 6.93. The Labute approximate surface area is 234 Å². The first-order valence-electron chi connectivity index (χ1n) is 12.8. The van der Waals surface area contributed by atoms with Gasteiger partial charge < -0.3 is 25.0 Å². The summed E-state index contributed by atoms with van der Waals surface area (Å²) in [6.45, 7) is 3.83. The van der Waals surface area contributed by atoms with Gasteiger partial charge in [0.1, 0.15) is 23.3 Å². The van der Waals surface area contributed by atoms with Gasteiger partial charge in [0, 0.05) is 45.4 Å². The second-order valence-electron chi connectivity index (χ2n) is 9.77. The molecule has 212 valence electrons. The second kappa shape index (κ2) is 12.6. The van der Waals surface area contributed by atoms with Crippen molar-refractivity contribution < 1.29 is 31.1 Å². The number of rotatable bonds is 5. The number of amides is 3. The largest absolute Gasteiger partial charge is 0.472 e. The molecule has 4 rings (SSSR count). The molecule has 1 aliphatic rings. The number of hydrogen-bond donors (Lipinski definition) is 2. The Morgan fingerprint density at radius 3 is 2.45 bits per heavy atom. The van der Waals surface area contributed by atoms with Gasteiger partial charge in [0.15, 0.2) is 0 Å². The number of urea groups is 1. The lowest BCUT2D eigenvalue weighted by Gasteiger charge is -2.37. The van der Waals surface area contributed by atoms with E-state index in [1.54, 1.807) is 37.1 Å². The third-order valence-corrected chi connectivity index (χ3v) is 6.61. The number of carbonyl (C=O) groups is 2. The van der Waals surface area contributed by atoms with Crippen LogP contribution in [0, 0.1) is 29.4 Å². The number of nitrogens with zero attached hydrogens (tertiary/aromatic N) is 3. The molecular weight excluding hydrogens is 518 g/mol. The van der Waals surface area contributed by atoms with Gasteiger partial charge in [-0.05, 0) is 61.5 Å². The van der Waals surface area contributed by atoms with Crippen LogP contribution in [0.3, 0.4) is 0 Å². The number of fused-ring (bicyclic) bond motifs is 1. The number of aromatic nitrogens is 1. The average molecular weight is 553 g/mol. The molecule has 3 amide bonds. The van der Waals surface area contributed by atoms with E-state index in [9.17, 15) is 23.5 Å². The average Bonchev–Trinajstić information content (AvgIpc) is 2.95. The van der Waals surface area contributed by atoms with Crippen LogP contribution >= 0.6 is 0 Å². The van der Waals surface area contributed by atoms with Crippen LogP contribution in [0.25, 0.3) is 0 Å². The highest BCUT2D eigenvalue weighted by atomic mass is 19.1. The van der Waals surface area contributed by atoms with Crippen LogP contribution in [-0.2, 0) is 0 Å². The van der Waals surface area contributed by atoms with E-state index in [1.807, 2.05) is 6.92 Å². The van der Waals surface area contributed by atoms with E-state index in [-0.39, 0.29) is 51.6 Å². The van der Waals surface area contributed by atoms with Gasteiger partial charge in [-0.2, -0.15) is 0 Å². The molecule has 8 nitrogen and oxygen atoms in total. The van der Waals surface area contributed by atoms with Crippen molar-refractivity contribution in [3.63, 3.8) is 0 Å². The van der Waals surface area contributed by atoms with E-state index in [0.717, 1.165) is 0 Å². The Hall–Kier alpha value is -4.49. The van der Waals surface area contributed by atoms with Crippen LogP contribution in [0.5, 0.6) is 5.88 Å². The quantitative estimate of drug-likeness (QED) is 0.450. The number of pyridine rings is 1. The van der Waals surface area contributed by atoms with Gasteiger partial charge in [0.05, 0.1) is 19.2 Å². The van der Waals surface area contributed by atoms with Crippen LogP contribution < -0.4 is 10.1 Å². The van der Waals surface area contributed by atoms with E-state index in [4.69, 9.17) is 4.74 Å². The molecule has 1 aromatic heterocycles. The molecule has 0 fully saturated rings.